The Kier molecular flexibility index (Phi) is 3.64. The fourth-order valence-electron chi connectivity index (χ4n) is 1.52. The van der Waals surface area contributed by atoms with Crippen LogP contribution in [-0.4, -0.2) is 15.9 Å². The number of ether oxygens (including phenoxy) is 1. The predicted molar refractivity (Wildman–Crippen MR) is 63.7 cm³/mol. The molecule has 0 atom stereocenters. The summed E-state index contributed by atoms with van der Waals surface area (Å²) >= 11 is 0. The van der Waals surface area contributed by atoms with E-state index in [9.17, 15) is 13.2 Å². The lowest BCUT2D eigenvalue weighted by Crippen LogP contribution is -2.17. The van der Waals surface area contributed by atoms with Gasteiger partial charge in [0, 0.05) is 25.1 Å². The van der Waals surface area contributed by atoms with E-state index in [0.717, 1.165) is 5.82 Å². The molecule has 1 aromatic heterocycles. The maximum atomic E-state index is 12.0. The minimum atomic E-state index is -4.66. The Hall–Kier alpha value is -2.18. The summed E-state index contributed by atoms with van der Waals surface area (Å²) in [5.41, 5.74) is 0.692. The second-order valence-electron chi connectivity index (χ2n) is 3.88. The molecule has 0 spiro atoms. The van der Waals surface area contributed by atoms with Crippen molar-refractivity contribution >= 4 is 5.69 Å². The lowest BCUT2D eigenvalue weighted by atomic mass is 10.3. The molecule has 7 heteroatoms. The Morgan fingerprint density at radius 3 is 2.47 bits per heavy atom. The highest BCUT2D eigenvalue weighted by Crippen LogP contribution is 2.24. The highest BCUT2D eigenvalue weighted by molar-refractivity contribution is 5.46. The molecule has 0 aliphatic rings. The predicted octanol–water partition coefficient (Wildman–Crippen LogP) is 2.93. The van der Waals surface area contributed by atoms with E-state index in [2.05, 4.69) is 15.0 Å². The van der Waals surface area contributed by atoms with Gasteiger partial charge in [0.2, 0.25) is 0 Å². The molecule has 1 aromatic carbocycles. The number of nitrogens with zero attached hydrogens (tertiary/aromatic N) is 2. The van der Waals surface area contributed by atoms with Crippen molar-refractivity contribution in [1.82, 2.24) is 9.55 Å². The van der Waals surface area contributed by atoms with Crippen LogP contribution in [0.2, 0.25) is 0 Å². The summed E-state index contributed by atoms with van der Waals surface area (Å²) in [5, 5.41) is 3.06. The number of alkyl halides is 3. The molecule has 2 rings (SSSR count). The zero-order chi connectivity index (χ0) is 13.9. The van der Waals surface area contributed by atoms with Gasteiger partial charge in [0.15, 0.2) is 0 Å². The molecule has 0 amide bonds. The van der Waals surface area contributed by atoms with Crippen LogP contribution in [0.25, 0.3) is 0 Å². The van der Waals surface area contributed by atoms with Gasteiger partial charge in [-0.2, -0.15) is 0 Å². The fraction of sp³-hybridized carbons (Fsp3) is 0.250. The van der Waals surface area contributed by atoms with Crippen molar-refractivity contribution < 1.29 is 17.9 Å². The monoisotopic (exact) mass is 271 g/mol. The van der Waals surface area contributed by atoms with E-state index in [1.807, 2.05) is 17.8 Å². The summed E-state index contributed by atoms with van der Waals surface area (Å²) in [7, 11) is 1.87. The first-order valence-electron chi connectivity index (χ1n) is 5.50. The summed E-state index contributed by atoms with van der Waals surface area (Å²) in [4.78, 5) is 4.12. The molecular formula is C12H12F3N3O. The average Bonchev–Trinajstić information content (AvgIpc) is 2.72. The SMILES string of the molecule is Cn1ccnc1CNc1ccc(OC(F)(F)F)cc1. The van der Waals surface area contributed by atoms with E-state index in [0.29, 0.717) is 12.2 Å². The number of anilines is 1. The molecule has 0 aliphatic heterocycles. The van der Waals surface area contributed by atoms with Gasteiger partial charge >= 0.3 is 6.36 Å². The number of halogens is 3. The van der Waals surface area contributed by atoms with Crippen LogP contribution in [0.4, 0.5) is 18.9 Å². The van der Waals surface area contributed by atoms with E-state index in [1.165, 1.54) is 24.3 Å². The highest BCUT2D eigenvalue weighted by Gasteiger charge is 2.30. The topological polar surface area (TPSA) is 39.1 Å². The zero-order valence-corrected chi connectivity index (χ0v) is 10.1. The molecule has 0 saturated heterocycles. The smallest absolute Gasteiger partial charge is 0.406 e. The van der Waals surface area contributed by atoms with Crippen LogP contribution in [0.5, 0.6) is 5.75 Å². The van der Waals surface area contributed by atoms with E-state index >= 15 is 0 Å². The van der Waals surface area contributed by atoms with Gasteiger partial charge in [0.25, 0.3) is 0 Å². The van der Waals surface area contributed by atoms with Crippen molar-refractivity contribution in [2.45, 2.75) is 12.9 Å². The van der Waals surface area contributed by atoms with E-state index in [1.54, 1.807) is 6.20 Å². The molecule has 0 unspecified atom stereocenters. The molecule has 1 heterocycles. The lowest BCUT2D eigenvalue weighted by molar-refractivity contribution is -0.274. The third-order valence-electron chi connectivity index (χ3n) is 2.46. The van der Waals surface area contributed by atoms with Gasteiger partial charge in [-0.25, -0.2) is 4.98 Å². The quantitative estimate of drug-likeness (QED) is 0.929. The minimum Gasteiger partial charge on any atom is -0.406 e. The minimum absolute atomic E-state index is 0.241. The molecule has 2 aromatic rings. The van der Waals surface area contributed by atoms with Gasteiger partial charge < -0.3 is 14.6 Å². The van der Waals surface area contributed by atoms with E-state index < -0.39 is 6.36 Å². The molecule has 0 saturated carbocycles. The number of nitrogens with one attached hydrogen (secondary N) is 1. The van der Waals surface area contributed by atoms with Crippen molar-refractivity contribution in [2.24, 2.45) is 7.05 Å². The molecule has 4 nitrogen and oxygen atoms in total. The Morgan fingerprint density at radius 2 is 1.95 bits per heavy atom. The Morgan fingerprint density at radius 1 is 1.26 bits per heavy atom. The molecule has 0 fully saturated rings. The van der Waals surface area contributed by atoms with Crippen molar-refractivity contribution in [2.75, 3.05) is 5.32 Å². The Balaban J connectivity index is 1.94. The number of hydrogen-bond acceptors (Lipinski definition) is 3. The number of imidazole rings is 1. The third kappa shape index (κ3) is 3.90. The van der Waals surface area contributed by atoms with Gasteiger partial charge in [-0.3, -0.25) is 0 Å². The molecular weight excluding hydrogens is 259 g/mol. The molecule has 1 N–H and O–H groups in total. The van der Waals surface area contributed by atoms with Crippen molar-refractivity contribution in [3.05, 3.63) is 42.5 Å². The second kappa shape index (κ2) is 5.21. The van der Waals surface area contributed by atoms with Crippen molar-refractivity contribution in [3.63, 3.8) is 0 Å². The number of hydrogen-bond donors (Lipinski definition) is 1. The normalized spacial score (nSPS) is 11.4. The summed E-state index contributed by atoms with van der Waals surface area (Å²) in [6.45, 7) is 0.489. The summed E-state index contributed by atoms with van der Waals surface area (Å²) in [6.07, 6.45) is -1.17. The van der Waals surface area contributed by atoms with Gasteiger partial charge in [0.05, 0.1) is 6.54 Å². The van der Waals surface area contributed by atoms with Crippen LogP contribution in [0.3, 0.4) is 0 Å². The van der Waals surface area contributed by atoms with Gasteiger partial charge in [0.1, 0.15) is 11.6 Å². The van der Waals surface area contributed by atoms with E-state index in [-0.39, 0.29) is 5.75 Å². The van der Waals surface area contributed by atoms with Crippen LogP contribution in [0.15, 0.2) is 36.7 Å². The first kappa shape index (κ1) is 13.3. The van der Waals surface area contributed by atoms with Crippen molar-refractivity contribution in [1.29, 1.82) is 0 Å². The molecule has 0 aliphatic carbocycles. The van der Waals surface area contributed by atoms with Crippen LogP contribution in [0.1, 0.15) is 5.82 Å². The fourth-order valence-corrected chi connectivity index (χ4v) is 1.52. The average molecular weight is 271 g/mol. The molecule has 19 heavy (non-hydrogen) atoms. The largest absolute Gasteiger partial charge is 0.573 e. The maximum Gasteiger partial charge on any atom is 0.573 e. The lowest BCUT2D eigenvalue weighted by Gasteiger charge is -2.10. The van der Waals surface area contributed by atoms with Crippen LogP contribution < -0.4 is 10.1 Å². The Bertz CT molecular complexity index is 534. The molecule has 0 radical (unpaired) electrons. The highest BCUT2D eigenvalue weighted by atomic mass is 19.4. The number of benzene rings is 1. The number of aromatic nitrogens is 2. The van der Waals surface area contributed by atoms with Crippen LogP contribution in [0, 0.1) is 0 Å². The zero-order valence-electron chi connectivity index (χ0n) is 10.1. The van der Waals surface area contributed by atoms with Gasteiger partial charge in [-0.15, -0.1) is 13.2 Å². The molecule has 0 bridgehead atoms. The van der Waals surface area contributed by atoms with E-state index in [4.69, 9.17) is 0 Å². The standard InChI is InChI=1S/C12H12F3N3O/c1-18-7-6-16-11(18)8-17-9-2-4-10(5-3-9)19-12(13,14)15/h2-7,17H,8H2,1H3. The first-order chi connectivity index (χ1) is 8.94. The second-order valence-corrected chi connectivity index (χ2v) is 3.88. The third-order valence-corrected chi connectivity index (χ3v) is 2.46. The molecule has 102 valence electrons. The Labute approximate surface area is 107 Å². The summed E-state index contributed by atoms with van der Waals surface area (Å²) in [6, 6.07) is 5.55. The van der Waals surface area contributed by atoms with Crippen LogP contribution >= 0.6 is 0 Å². The first-order valence-corrected chi connectivity index (χ1v) is 5.50. The van der Waals surface area contributed by atoms with Gasteiger partial charge in [-0.1, -0.05) is 0 Å². The van der Waals surface area contributed by atoms with Gasteiger partial charge in [-0.05, 0) is 24.3 Å². The number of aryl methyl sites for hydroxylation is 1. The maximum absolute atomic E-state index is 12.0. The number of rotatable bonds is 4. The van der Waals surface area contributed by atoms with Crippen molar-refractivity contribution in [3.8, 4) is 5.75 Å². The summed E-state index contributed by atoms with van der Waals surface area (Å²) in [5.74, 6) is 0.589. The summed E-state index contributed by atoms with van der Waals surface area (Å²) < 4.78 is 41.6. The van der Waals surface area contributed by atoms with Crippen LogP contribution in [-0.2, 0) is 13.6 Å².